The predicted octanol–water partition coefficient (Wildman–Crippen LogP) is 1.34. The fourth-order valence-electron chi connectivity index (χ4n) is 4.25. The first-order valence-corrected chi connectivity index (χ1v) is 10.5. The molecule has 2 fully saturated rings. The molecule has 3 atom stereocenters. The molecule has 28 heavy (non-hydrogen) atoms. The summed E-state index contributed by atoms with van der Waals surface area (Å²) in [6.45, 7) is 0.546. The molecule has 7 nitrogen and oxygen atoms in total. The van der Waals surface area contributed by atoms with Crippen LogP contribution < -0.4 is 5.32 Å². The molecule has 2 amide bonds. The van der Waals surface area contributed by atoms with Crippen LogP contribution in [0.3, 0.4) is 0 Å². The van der Waals surface area contributed by atoms with Crippen molar-refractivity contribution in [2.24, 2.45) is 0 Å². The summed E-state index contributed by atoms with van der Waals surface area (Å²) in [6, 6.07) is 8.77. The lowest BCUT2D eigenvalue weighted by molar-refractivity contribution is -0.215. The lowest BCUT2D eigenvalue weighted by Gasteiger charge is -2.49. The van der Waals surface area contributed by atoms with E-state index in [0.29, 0.717) is 24.5 Å². The van der Waals surface area contributed by atoms with Crippen molar-refractivity contribution in [3.05, 3.63) is 47.2 Å². The number of carbonyl (C=O) groups excluding carboxylic acids is 3. The Labute approximate surface area is 166 Å². The van der Waals surface area contributed by atoms with E-state index in [-0.39, 0.29) is 23.6 Å². The zero-order valence-corrected chi connectivity index (χ0v) is 16.0. The molecule has 0 bridgehead atoms. The van der Waals surface area contributed by atoms with E-state index in [2.05, 4.69) is 5.32 Å². The fourth-order valence-corrected chi connectivity index (χ4v) is 5.68. The van der Waals surface area contributed by atoms with Gasteiger partial charge in [-0.1, -0.05) is 30.3 Å². The van der Waals surface area contributed by atoms with E-state index in [9.17, 15) is 14.4 Å². The van der Waals surface area contributed by atoms with Crippen LogP contribution in [0.4, 0.5) is 0 Å². The number of nitrogens with one attached hydrogen (secondary N) is 1. The Hall–Kier alpha value is -2.32. The summed E-state index contributed by atoms with van der Waals surface area (Å²) in [7, 11) is 0. The SMILES string of the molecule is O=C(Cc1ccccc1)N[C@@H]1C(=O)N2C3=C(CS[C@H]12)[C@]1(CCCCO1)OC3=O. The molecular weight excluding hydrogens is 380 g/mol. The smallest absolute Gasteiger partial charge is 0.358 e. The molecule has 146 valence electrons. The highest BCUT2D eigenvalue weighted by atomic mass is 32.2. The maximum atomic E-state index is 12.8. The fraction of sp³-hybridized carbons (Fsp3) is 0.450. The van der Waals surface area contributed by atoms with Crippen molar-refractivity contribution >= 4 is 29.5 Å². The molecule has 0 saturated carbocycles. The molecular formula is C20H20N2O5S. The molecule has 5 rings (SSSR count). The first-order chi connectivity index (χ1) is 13.6. The third-order valence-corrected chi connectivity index (χ3v) is 6.92. The Morgan fingerprint density at radius 2 is 2.07 bits per heavy atom. The van der Waals surface area contributed by atoms with Gasteiger partial charge in [-0.15, -0.1) is 11.8 Å². The molecule has 0 aromatic heterocycles. The number of nitrogens with zero attached hydrogens (tertiary/aromatic N) is 1. The molecule has 0 aliphatic carbocycles. The molecule has 2 saturated heterocycles. The van der Waals surface area contributed by atoms with Gasteiger partial charge in [-0.2, -0.15) is 0 Å². The highest BCUT2D eigenvalue weighted by Crippen LogP contribution is 2.50. The van der Waals surface area contributed by atoms with E-state index >= 15 is 0 Å². The molecule has 0 unspecified atom stereocenters. The number of rotatable bonds is 3. The molecule has 1 spiro atoms. The summed E-state index contributed by atoms with van der Waals surface area (Å²) < 4.78 is 11.4. The molecule has 4 heterocycles. The first-order valence-electron chi connectivity index (χ1n) is 9.48. The first kappa shape index (κ1) is 17.8. The average molecular weight is 400 g/mol. The molecule has 0 radical (unpaired) electrons. The summed E-state index contributed by atoms with van der Waals surface area (Å²) in [4.78, 5) is 39.1. The minimum Gasteiger partial charge on any atom is -0.424 e. The number of hydrogen-bond acceptors (Lipinski definition) is 6. The van der Waals surface area contributed by atoms with Gasteiger partial charge >= 0.3 is 5.97 Å². The standard InChI is InChI=1S/C20H20N2O5S/c23-14(10-12-6-2-1-3-7-12)21-15-17(24)22-16-13(11-28-18(15)22)20(27-19(16)25)8-4-5-9-26-20/h1-3,6-7,15,18H,4-5,8-11H2,(H,21,23)/t15-,18-,20+/m1/s1. The van der Waals surface area contributed by atoms with Crippen molar-refractivity contribution in [2.75, 3.05) is 12.4 Å². The number of hydrogen-bond donors (Lipinski definition) is 1. The molecule has 1 N–H and O–H groups in total. The Balaban J connectivity index is 1.32. The summed E-state index contributed by atoms with van der Waals surface area (Å²) in [5.41, 5.74) is 1.98. The normalized spacial score (nSPS) is 31.2. The van der Waals surface area contributed by atoms with Crippen molar-refractivity contribution in [3.8, 4) is 0 Å². The van der Waals surface area contributed by atoms with Gasteiger partial charge in [-0.05, 0) is 18.4 Å². The van der Waals surface area contributed by atoms with Crippen molar-refractivity contribution < 1.29 is 23.9 Å². The largest absolute Gasteiger partial charge is 0.424 e. The Morgan fingerprint density at radius 3 is 2.82 bits per heavy atom. The number of esters is 1. The summed E-state index contributed by atoms with van der Waals surface area (Å²) in [5.74, 6) is -1.41. The monoisotopic (exact) mass is 400 g/mol. The van der Waals surface area contributed by atoms with Crippen LogP contribution in [0.15, 0.2) is 41.6 Å². The second-order valence-corrected chi connectivity index (χ2v) is 8.50. The molecule has 1 aromatic rings. The van der Waals surface area contributed by atoms with Crippen LogP contribution in [0.2, 0.25) is 0 Å². The van der Waals surface area contributed by atoms with Gasteiger partial charge in [0.25, 0.3) is 5.91 Å². The number of benzene rings is 1. The molecule has 1 aromatic carbocycles. The lowest BCUT2D eigenvalue weighted by atomic mass is 9.96. The van der Waals surface area contributed by atoms with Gasteiger partial charge in [-0.3, -0.25) is 14.5 Å². The quantitative estimate of drug-likeness (QED) is 0.609. The van der Waals surface area contributed by atoms with Crippen LogP contribution >= 0.6 is 11.8 Å². The molecule has 4 aliphatic rings. The van der Waals surface area contributed by atoms with E-state index < -0.39 is 17.8 Å². The number of amides is 2. The van der Waals surface area contributed by atoms with Crippen LogP contribution in [0.25, 0.3) is 0 Å². The number of carbonyl (C=O) groups is 3. The number of fused-ring (bicyclic) bond motifs is 3. The van der Waals surface area contributed by atoms with Gasteiger partial charge in [0, 0.05) is 17.7 Å². The average Bonchev–Trinajstić information content (AvgIpc) is 2.97. The minimum atomic E-state index is -0.995. The molecule has 4 aliphatic heterocycles. The van der Waals surface area contributed by atoms with E-state index in [1.165, 1.54) is 16.7 Å². The van der Waals surface area contributed by atoms with Gasteiger partial charge in [0.15, 0.2) is 0 Å². The third-order valence-electron chi connectivity index (χ3n) is 5.64. The van der Waals surface area contributed by atoms with Crippen LogP contribution in [0, 0.1) is 0 Å². The number of thioether (sulfide) groups is 1. The highest BCUT2D eigenvalue weighted by Gasteiger charge is 2.61. The van der Waals surface area contributed by atoms with Crippen molar-refractivity contribution in [3.63, 3.8) is 0 Å². The van der Waals surface area contributed by atoms with E-state index in [1.54, 1.807) is 0 Å². The molecule has 8 heteroatoms. The minimum absolute atomic E-state index is 0.203. The second-order valence-electron chi connectivity index (χ2n) is 7.39. The zero-order chi connectivity index (χ0) is 19.3. The van der Waals surface area contributed by atoms with Crippen molar-refractivity contribution in [2.45, 2.75) is 42.9 Å². The van der Waals surface area contributed by atoms with E-state index in [1.807, 2.05) is 30.3 Å². The summed E-state index contributed by atoms with van der Waals surface area (Å²) >= 11 is 1.54. The zero-order valence-electron chi connectivity index (χ0n) is 15.2. The van der Waals surface area contributed by atoms with E-state index in [4.69, 9.17) is 9.47 Å². The summed E-state index contributed by atoms with van der Waals surface area (Å²) in [6.07, 6.45) is 2.71. The van der Waals surface area contributed by atoms with E-state index in [0.717, 1.165) is 24.0 Å². The van der Waals surface area contributed by atoms with Gasteiger partial charge < -0.3 is 14.8 Å². The van der Waals surface area contributed by atoms with Crippen molar-refractivity contribution in [1.29, 1.82) is 0 Å². The van der Waals surface area contributed by atoms with Crippen LogP contribution in [-0.4, -0.2) is 52.2 Å². The van der Waals surface area contributed by atoms with Crippen LogP contribution in [-0.2, 0) is 30.3 Å². The lowest BCUT2D eigenvalue weighted by Crippen LogP contribution is -2.70. The van der Waals surface area contributed by atoms with Gasteiger partial charge in [0.2, 0.25) is 11.7 Å². The van der Waals surface area contributed by atoms with Gasteiger partial charge in [0.1, 0.15) is 17.1 Å². The van der Waals surface area contributed by atoms with Crippen LogP contribution in [0.1, 0.15) is 24.8 Å². The topological polar surface area (TPSA) is 84.9 Å². The number of ether oxygens (including phenoxy) is 2. The Morgan fingerprint density at radius 1 is 1.25 bits per heavy atom. The van der Waals surface area contributed by atoms with Crippen LogP contribution in [0.5, 0.6) is 0 Å². The number of β-lactam (4-membered cyclic amide) rings is 1. The van der Waals surface area contributed by atoms with Gasteiger partial charge in [0.05, 0.1) is 13.0 Å². The Bertz CT molecular complexity index is 878. The third kappa shape index (κ3) is 2.66. The maximum absolute atomic E-state index is 12.8. The highest BCUT2D eigenvalue weighted by molar-refractivity contribution is 8.00. The predicted molar refractivity (Wildman–Crippen MR) is 101 cm³/mol. The second kappa shape index (κ2) is 6.63. The van der Waals surface area contributed by atoms with Gasteiger partial charge in [-0.25, -0.2) is 4.79 Å². The Kier molecular flexibility index (Phi) is 4.21. The summed E-state index contributed by atoms with van der Waals surface area (Å²) in [5, 5.41) is 2.54. The maximum Gasteiger partial charge on any atom is 0.358 e. The van der Waals surface area contributed by atoms with Crippen molar-refractivity contribution in [1.82, 2.24) is 10.2 Å².